The van der Waals surface area contributed by atoms with Crippen LogP contribution in [0.15, 0.2) is 58.2 Å². The van der Waals surface area contributed by atoms with Gasteiger partial charge in [0.15, 0.2) is 5.58 Å². The Balaban J connectivity index is 1.20. The molecule has 1 aromatic heterocycles. The molecule has 0 radical (unpaired) electrons. The maximum Gasteiger partial charge on any atom is 0.257 e. The van der Waals surface area contributed by atoms with E-state index < -0.39 is 0 Å². The second kappa shape index (κ2) is 10.6. The van der Waals surface area contributed by atoms with E-state index in [0.717, 1.165) is 61.0 Å². The number of likely N-dealkylation sites (tertiary alicyclic amines) is 2. The van der Waals surface area contributed by atoms with Crippen molar-refractivity contribution < 1.29 is 14.0 Å². The number of oxazole rings is 1. The predicted molar refractivity (Wildman–Crippen MR) is 134 cm³/mol. The van der Waals surface area contributed by atoms with E-state index in [-0.39, 0.29) is 11.8 Å². The molecule has 7 heteroatoms. The Morgan fingerprint density at radius 2 is 1.59 bits per heavy atom. The number of thioether (sulfide) groups is 1. The van der Waals surface area contributed by atoms with Crippen LogP contribution in [0.2, 0.25) is 0 Å². The van der Waals surface area contributed by atoms with Crippen molar-refractivity contribution in [2.75, 3.05) is 26.2 Å². The van der Waals surface area contributed by atoms with E-state index in [4.69, 9.17) is 4.42 Å². The molecule has 0 saturated carbocycles. The normalized spacial score (nSPS) is 17.6. The largest absolute Gasteiger partial charge is 0.431 e. The number of carbonyl (C=O) groups excluding carboxylic acids is 2. The van der Waals surface area contributed by atoms with Gasteiger partial charge in [-0.3, -0.25) is 9.59 Å². The van der Waals surface area contributed by atoms with Crippen LogP contribution in [0.3, 0.4) is 0 Å². The van der Waals surface area contributed by atoms with Crippen LogP contribution in [-0.4, -0.2) is 52.8 Å². The van der Waals surface area contributed by atoms with Gasteiger partial charge in [-0.1, -0.05) is 54.9 Å². The summed E-state index contributed by atoms with van der Waals surface area (Å²) in [4.78, 5) is 34.9. The third-order valence-electron chi connectivity index (χ3n) is 6.92. The van der Waals surface area contributed by atoms with Crippen LogP contribution in [0.5, 0.6) is 0 Å². The van der Waals surface area contributed by atoms with Gasteiger partial charge in [-0.25, -0.2) is 4.98 Å². The number of benzene rings is 2. The van der Waals surface area contributed by atoms with Gasteiger partial charge in [-0.15, -0.1) is 0 Å². The number of hydrogen-bond donors (Lipinski definition) is 0. The Hall–Kier alpha value is -2.80. The molecule has 0 N–H and O–H groups in total. The number of para-hydroxylation sites is 2. The Bertz CT molecular complexity index is 1110. The molecule has 0 unspecified atom stereocenters. The number of rotatable bonds is 5. The van der Waals surface area contributed by atoms with Gasteiger partial charge in [0.05, 0.1) is 0 Å². The van der Waals surface area contributed by atoms with Gasteiger partial charge in [-0.05, 0) is 49.4 Å². The molecule has 34 heavy (non-hydrogen) atoms. The van der Waals surface area contributed by atoms with Crippen molar-refractivity contribution in [2.45, 2.75) is 49.5 Å². The van der Waals surface area contributed by atoms with Crippen molar-refractivity contribution in [3.63, 3.8) is 0 Å². The maximum atomic E-state index is 13.4. The molecule has 2 aliphatic heterocycles. The summed E-state index contributed by atoms with van der Waals surface area (Å²) in [6.07, 6.45) is 6.17. The molecule has 2 aromatic carbocycles. The average Bonchev–Trinajstić information content (AvgIpc) is 3.11. The third kappa shape index (κ3) is 5.14. The summed E-state index contributed by atoms with van der Waals surface area (Å²) in [5.41, 5.74) is 3.31. The van der Waals surface area contributed by atoms with Crippen LogP contribution in [0.4, 0.5) is 0 Å². The van der Waals surface area contributed by atoms with E-state index in [1.807, 2.05) is 53.4 Å². The monoisotopic (exact) mass is 477 g/mol. The first-order chi connectivity index (χ1) is 16.7. The van der Waals surface area contributed by atoms with Gasteiger partial charge < -0.3 is 14.2 Å². The fourth-order valence-electron chi connectivity index (χ4n) is 4.96. The first kappa shape index (κ1) is 23.0. The zero-order valence-electron chi connectivity index (χ0n) is 19.4. The lowest BCUT2D eigenvalue weighted by Gasteiger charge is -2.34. The molecule has 3 aromatic rings. The van der Waals surface area contributed by atoms with Crippen molar-refractivity contribution in [2.24, 2.45) is 5.92 Å². The Kier molecular flexibility index (Phi) is 7.19. The lowest BCUT2D eigenvalue weighted by atomic mass is 9.94. The summed E-state index contributed by atoms with van der Waals surface area (Å²) in [7, 11) is 0. The zero-order valence-corrected chi connectivity index (χ0v) is 20.3. The lowest BCUT2D eigenvalue weighted by molar-refractivity contribution is -0.136. The van der Waals surface area contributed by atoms with Crippen LogP contribution in [0.25, 0.3) is 11.1 Å². The highest BCUT2D eigenvalue weighted by molar-refractivity contribution is 7.98. The summed E-state index contributed by atoms with van der Waals surface area (Å²) >= 11 is 1.50. The topological polar surface area (TPSA) is 66.7 Å². The highest BCUT2D eigenvalue weighted by atomic mass is 32.2. The van der Waals surface area contributed by atoms with Crippen molar-refractivity contribution in [1.29, 1.82) is 0 Å². The van der Waals surface area contributed by atoms with Crippen molar-refractivity contribution in [3.05, 3.63) is 59.7 Å². The van der Waals surface area contributed by atoms with Gasteiger partial charge in [0.25, 0.3) is 11.1 Å². The number of nitrogens with zero attached hydrogens (tertiary/aromatic N) is 3. The minimum atomic E-state index is 0.0482. The Labute approximate surface area is 204 Å². The van der Waals surface area contributed by atoms with Crippen molar-refractivity contribution >= 4 is 34.7 Å². The summed E-state index contributed by atoms with van der Waals surface area (Å²) in [5, 5.41) is 0.608. The fraction of sp³-hybridized carbons (Fsp3) is 0.444. The number of aromatic nitrogens is 1. The molecule has 0 aliphatic carbocycles. The predicted octanol–water partition coefficient (Wildman–Crippen LogP) is 5.37. The molecule has 5 rings (SSSR count). The summed E-state index contributed by atoms with van der Waals surface area (Å²) in [6.45, 7) is 3.05. The van der Waals surface area contributed by atoms with Crippen molar-refractivity contribution in [1.82, 2.24) is 14.8 Å². The summed E-state index contributed by atoms with van der Waals surface area (Å²) < 4.78 is 5.82. The summed E-state index contributed by atoms with van der Waals surface area (Å²) in [6, 6.07) is 15.5. The van der Waals surface area contributed by atoms with E-state index in [9.17, 15) is 9.59 Å². The van der Waals surface area contributed by atoms with Crippen LogP contribution in [-0.2, 0) is 10.5 Å². The first-order valence-electron chi connectivity index (χ1n) is 12.3. The van der Waals surface area contributed by atoms with Gasteiger partial charge in [-0.2, -0.15) is 0 Å². The second-order valence-electron chi connectivity index (χ2n) is 9.20. The Morgan fingerprint density at radius 3 is 2.35 bits per heavy atom. The molecule has 2 amide bonds. The third-order valence-corrected chi connectivity index (χ3v) is 7.80. The van der Waals surface area contributed by atoms with E-state index in [1.54, 1.807) is 0 Å². The van der Waals surface area contributed by atoms with Gasteiger partial charge in [0.2, 0.25) is 5.91 Å². The zero-order chi connectivity index (χ0) is 23.3. The first-order valence-corrected chi connectivity index (χ1v) is 13.3. The summed E-state index contributed by atoms with van der Waals surface area (Å²) in [5.74, 6) is 1.00. The smallest absolute Gasteiger partial charge is 0.257 e. The van der Waals surface area contributed by atoms with Gasteiger partial charge in [0.1, 0.15) is 5.52 Å². The fourth-order valence-corrected chi connectivity index (χ4v) is 5.80. The van der Waals surface area contributed by atoms with Crippen molar-refractivity contribution in [3.8, 4) is 0 Å². The maximum absolute atomic E-state index is 13.4. The number of amides is 2. The van der Waals surface area contributed by atoms with E-state index in [0.29, 0.717) is 30.0 Å². The quantitative estimate of drug-likeness (QED) is 0.462. The van der Waals surface area contributed by atoms with E-state index in [2.05, 4.69) is 9.88 Å². The molecular formula is C27H31N3O3S. The molecule has 0 spiro atoms. The van der Waals surface area contributed by atoms with E-state index in [1.165, 1.54) is 24.6 Å². The number of piperidine rings is 1. The highest BCUT2D eigenvalue weighted by Crippen LogP contribution is 2.29. The van der Waals surface area contributed by atoms with Gasteiger partial charge >= 0.3 is 0 Å². The highest BCUT2D eigenvalue weighted by Gasteiger charge is 2.31. The van der Waals surface area contributed by atoms with Gasteiger partial charge in [0, 0.05) is 43.4 Å². The SMILES string of the molecule is O=C(c1ccccc1CSc1nc2ccccc2o1)N1CCC(C(=O)N2CCCCCC2)CC1. The number of hydrogen-bond acceptors (Lipinski definition) is 5. The van der Waals surface area contributed by atoms with Crippen LogP contribution < -0.4 is 0 Å². The lowest BCUT2D eigenvalue weighted by Crippen LogP contribution is -2.44. The second-order valence-corrected chi connectivity index (χ2v) is 10.1. The van der Waals surface area contributed by atoms with Crippen LogP contribution in [0.1, 0.15) is 54.4 Å². The molecule has 0 atom stereocenters. The molecular weight excluding hydrogens is 446 g/mol. The minimum absolute atomic E-state index is 0.0482. The average molecular weight is 478 g/mol. The number of fused-ring (bicyclic) bond motifs is 1. The standard InChI is InChI=1S/C27H31N3O3S/c31-25(29-15-7-1-2-8-16-29)20-13-17-30(18-14-20)26(32)22-10-4-3-9-21(22)19-34-27-28-23-11-5-6-12-24(23)33-27/h3-6,9-12,20H,1-2,7-8,13-19H2. The molecule has 178 valence electrons. The molecule has 2 fully saturated rings. The molecule has 6 nitrogen and oxygen atoms in total. The van der Waals surface area contributed by atoms with Crippen LogP contribution in [0, 0.1) is 5.92 Å². The molecule has 3 heterocycles. The molecule has 0 bridgehead atoms. The minimum Gasteiger partial charge on any atom is -0.431 e. The molecule has 2 saturated heterocycles. The van der Waals surface area contributed by atoms with E-state index >= 15 is 0 Å². The van der Waals surface area contributed by atoms with Crippen LogP contribution >= 0.6 is 11.8 Å². The number of carbonyl (C=O) groups is 2. The molecule has 2 aliphatic rings. The Morgan fingerprint density at radius 1 is 0.882 bits per heavy atom.